The highest BCUT2D eigenvalue weighted by Crippen LogP contribution is 2.16. The Morgan fingerprint density at radius 1 is 1.50 bits per heavy atom. The normalized spacial score (nSPS) is 10.2. The summed E-state index contributed by atoms with van der Waals surface area (Å²) < 4.78 is 5.03. The lowest BCUT2D eigenvalue weighted by molar-refractivity contribution is -0.384. The monoisotopic (exact) mass is 282 g/mol. The van der Waals surface area contributed by atoms with E-state index in [1.807, 2.05) is 0 Å². The van der Waals surface area contributed by atoms with Crippen LogP contribution < -0.4 is 10.8 Å². The number of nitrogens with zero attached hydrogens (tertiary/aromatic N) is 1. The van der Waals surface area contributed by atoms with Crippen LogP contribution in [-0.2, 0) is 4.74 Å². The van der Waals surface area contributed by atoms with Crippen molar-refractivity contribution < 1.29 is 24.5 Å². The minimum atomic E-state index is -2.02. The minimum absolute atomic E-state index is 0.204. The van der Waals surface area contributed by atoms with Gasteiger partial charge in [-0.05, 0) is 13.0 Å². The molecule has 0 saturated heterocycles. The molecule has 1 aromatic rings. The van der Waals surface area contributed by atoms with Gasteiger partial charge in [0, 0.05) is 13.2 Å². The highest BCUT2D eigenvalue weighted by molar-refractivity contribution is 6.60. The smallest absolute Gasteiger partial charge is 0.423 e. The lowest BCUT2D eigenvalue weighted by Crippen LogP contribution is -2.35. The fraction of sp³-hybridized carbons (Fsp3) is 0.364. The van der Waals surface area contributed by atoms with Gasteiger partial charge in [-0.3, -0.25) is 14.9 Å². The Labute approximate surface area is 115 Å². The summed E-state index contributed by atoms with van der Waals surface area (Å²) in [6.07, 6.45) is 0. The van der Waals surface area contributed by atoms with Crippen molar-refractivity contribution >= 4 is 24.2 Å². The number of ether oxygens (including phenoxy) is 1. The second kappa shape index (κ2) is 7.58. The van der Waals surface area contributed by atoms with Crippen LogP contribution in [0.1, 0.15) is 17.3 Å². The zero-order valence-corrected chi connectivity index (χ0v) is 10.9. The lowest BCUT2D eigenvalue weighted by Gasteiger charge is -2.08. The second-order valence-corrected chi connectivity index (χ2v) is 3.83. The molecule has 0 atom stereocenters. The van der Waals surface area contributed by atoms with Crippen LogP contribution in [0.3, 0.4) is 0 Å². The largest absolute Gasteiger partial charge is 0.495 e. The summed E-state index contributed by atoms with van der Waals surface area (Å²) in [5.41, 5.74) is -1.17. The van der Waals surface area contributed by atoms with Crippen LogP contribution >= 0.6 is 0 Å². The highest BCUT2D eigenvalue weighted by atomic mass is 16.6. The summed E-state index contributed by atoms with van der Waals surface area (Å²) in [4.78, 5) is 22.1. The van der Waals surface area contributed by atoms with E-state index in [1.165, 1.54) is 18.2 Å². The van der Waals surface area contributed by atoms with E-state index in [0.29, 0.717) is 13.2 Å². The Morgan fingerprint density at radius 3 is 2.75 bits per heavy atom. The number of benzene rings is 1. The summed E-state index contributed by atoms with van der Waals surface area (Å²) >= 11 is 0. The number of para-hydroxylation sites is 1. The molecule has 20 heavy (non-hydrogen) atoms. The Hall–Kier alpha value is -1.97. The second-order valence-electron chi connectivity index (χ2n) is 3.83. The van der Waals surface area contributed by atoms with Gasteiger partial charge in [0.2, 0.25) is 0 Å². The van der Waals surface area contributed by atoms with Crippen LogP contribution in [0.15, 0.2) is 18.2 Å². The zero-order chi connectivity index (χ0) is 15.1. The van der Waals surface area contributed by atoms with Crippen molar-refractivity contribution in [3.8, 4) is 0 Å². The van der Waals surface area contributed by atoms with Gasteiger partial charge in [-0.2, -0.15) is 0 Å². The molecule has 0 unspecified atom stereocenters. The van der Waals surface area contributed by atoms with Gasteiger partial charge in [-0.25, -0.2) is 0 Å². The van der Waals surface area contributed by atoms with Crippen molar-refractivity contribution in [2.24, 2.45) is 0 Å². The van der Waals surface area contributed by atoms with Gasteiger partial charge in [0.25, 0.3) is 11.6 Å². The first kappa shape index (κ1) is 16.1. The van der Waals surface area contributed by atoms with Gasteiger partial charge in [-0.15, -0.1) is 0 Å². The van der Waals surface area contributed by atoms with Crippen molar-refractivity contribution in [2.75, 3.05) is 19.8 Å². The minimum Gasteiger partial charge on any atom is -0.423 e. The molecular weight excluding hydrogens is 267 g/mol. The SMILES string of the molecule is CCOCCNC(=O)c1cccc(B(O)O)c1[N+](=O)[O-]. The van der Waals surface area contributed by atoms with E-state index in [-0.39, 0.29) is 17.6 Å². The summed E-state index contributed by atoms with van der Waals surface area (Å²) in [6, 6.07) is 3.78. The van der Waals surface area contributed by atoms with Crippen molar-refractivity contribution in [1.82, 2.24) is 5.32 Å². The van der Waals surface area contributed by atoms with Crippen LogP contribution in [0.4, 0.5) is 5.69 Å². The van der Waals surface area contributed by atoms with Crippen LogP contribution in [0, 0.1) is 10.1 Å². The molecule has 108 valence electrons. The molecule has 9 heteroatoms. The van der Waals surface area contributed by atoms with E-state index < -0.39 is 23.6 Å². The Bertz CT molecular complexity index is 494. The van der Waals surface area contributed by atoms with Crippen molar-refractivity contribution in [3.63, 3.8) is 0 Å². The molecule has 3 N–H and O–H groups in total. The first-order chi connectivity index (χ1) is 9.49. The van der Waals surface area contributed by atoms with E-state index in [1.54, 1.807) is 6.92 Å². The average molecular weight is 282 g/mol. The first-order valence-corrected chi connectivity index (χ1v) is 5.98. The van der Waals surface area contributed by atoms with Crippen molar-refractivity contribution in [2.45, 2.75) is 6.92 Å². The van der Waals surface area contributed by atoms with Crippen molar-refractivity contribution in [3.05, 3.63) is 33.9 Å². The molecule has 1 aromatic carbocycles. The molecule has 0 aliphatic rings. The summed E-state index contributed by atoms with van der Waals surface area (Å²) in [7, 11) is -2.02. The fourth-order valence-corrected chi connectivity index (χ4v) is 1.63. The summed E-state index contributed by atoms with van der Waals surface area (Å²) in [6.45, 7) is 2.80. The summed E-state index contributed by atoms with van der Waals surface area (Å²) in [5, 5.41) is 31.7. The fourth-order valence-electron chi connectivity index (χ4n) is 1.63. The predicted octanol–water partition coefficient (Wildman–Crippen LogP) is -0.959. The molecule has 0 spiro atoms. The van der Waals surface area contributed by atoms with Gasteiger partial charge < -0.3 is 20.1 Å². The zero-order valence-electron chi connectivity index (χ0n) is 10.9. The van der Waals surface area contributed by atoms with Gasteiger partial charge in [-0.1, -0.05) is 12.1 Å². The third kappa shape index (κ3) is 4.02. The van der Waals surface area contributed by atoms with E-state index in [9.17, 15) is 14.9 Å². The van der Waals surface area contributed by atoms with Crippen LogP contribution in [-0.4, -0.2) is 47.8 Å². The predicted molar refractivity (Wildman–Crippen MR) is 71.7 cm³/mol. The van der Waals surface area contributed by atoms with Crippen LogP contribution in [0.25, 0.3) is 0 Å². The maximum Gasteiger partial charge on any atom is 0.495 e. The lowest BCUT2D eigenvalue weighted by atomic mass is 9.78. The molecule has 0 radical (unpaired) electrons. The van der Waals surface area contributed by atoms with Crippen LogP contribution in [0.2, 0.25) is 0 Å². The first-order valence-electron chi connectivity index (χ1n) is 5.98. The molecule has 0 heterocycles. The maximum absolute atomic E-state index is 11.9. The molecule has 1 amide bonds. The van der Waals surface area contributed by atoms with E-state index >= 15 is 0 Å². The van der Waals surface area contributed by atoms with Crippen molar-refractivity contribution in [1.29, 1.82) is 0 Å². The highest BCUT2D eigenvalue weighted by Gasteiger charge is 2.29. The molecule has 0 aromatic heterocycles. The number of hydrogen-bond donors (Lipinski definition) is 3. The third-order valence-electron chi connectivity index (χ3n) is 2.51. The van der Waals surface area contributed by atoms with E-state index in [0.717, 1.165) is 0 Å². The molecule has 0 fully saturated rings. The molecule has 0 saturated carbocycles. The standard InChI is InChI=1S/C11H15BN2O6/c1-2-20-7-6-13-11(15)8-4-3-5-9(12(16)17)10(8)14(18)19/h3-5,16-17H,2,6-7H2,1H3,(H,13,15). The topological polar surface area (TPSA) is 122 Å². The van der Waals surface area contributed by atoms with Gasteiger partial charge >= 0.3 is 7.12 Å². The summed E-state index contributed by atoms with van der Waals surface area (Å²) in [5.74, 6) is -0.668. The number of amides is 1. The van der Waals surface area contributed by atoms with Gasteiger partial charge in [0.05, 0.1) is 17.0 Å². The third-order valence-corrected chi connectivity index (χ3v) is 2.51. The number of nitrogens with one attached hydrogen (secondary N) is 1. The molecule has 0 bridgehead atoms. The number of hydrogen-bond acceptors (Lipinski definition) is 6. The molecule has 0 aliphatic heterocycles. The van der Waals surface area contributed by atoms with Gasteiger partial charge in [0.15, 0.2) is 0 Å². The molecular formula is C11H15BN2O6. The molecule has 0 aliphatic carbocycles. The molecule has 8 nitrogen and oxygen atoms in total. The number of carbonyl (C=O) groups is 1. The van der Waals surface area contributed by atoms with E-state index in [4.69, 9.17) is 14.8 Å². The Balaban J connectivity index is 2.96. The number of rotatable bonds is 7. The molecule has 1 rings (SSSR count). The maximum atomic E-state index is 11.9. The Morgan fingerprint density at radius 2 is 2.20 bits per heavy atom. The van der Waals surface area contributed by atoms with E-state index in [2.05, 4.69) is 5.32 Å². The average Bonchev–Trinajstić information content (AvgIpc) is 2.42. The van der Waals surface area contributed by atoms with Crippen LogP contribution in [0.5, 0.6) is 0 Å². The number of nitro benzene ring substituents is 1. The Kier molecular flexibility index (Phi) is 6.10. The number of carbonyl (C=O) groups excluding carboxylic acids is 1. The quantitative estimate of drug-likeness (QED) is 0.256. The number of nitro groups is 1. The van der Waals surface area contributed by atoms with Gasteiger partial charge in [0.1, 0.15) is 5.56 Å².